The molecule has 0 aliphatic heterocycles. The van der Waals surface area contributed by atoms with Crippen LogP contribution in [0, 0.1) is 6.08 Å². The van der Waals surface area contributed by atoms with Crippen LogP contribution in [-0.4, -0.2) is 20.2 Å². The molecule has 0 spiro atoms. The van der Waals surface area contributed by atoms with Crippen LogP contribution < -0.4 is 24.8 Å². The molecule has 0 saturated carbocycles. The first-order chi connectivity index (χ1) is 10.2. The van der Waals surface area contributed by atoms with Gasteiger partial charge in [-0.05, 0) is 10.9 Å². The number of hydrogen-bond donors (Lipinski definition) is 0. The number of benzene rings is 1. The van der Waals surface area contributed by atoms with E-state index in [2.05, 4.69) is 53.5 Å². The van der Waals surface area contributed by atoms with Crippen molar-refractivity contribution in [2.24, 2.45) is 0 Å². The molecule has 7 heteroatoms. The van der Waals surface area contributed by atoms with Crippen molar-refractivity contribution in [3.63, 3.8) is 0 Å². The van der Waals surface area contributed by atoms with Crippen molar-refractivity contribution >= 4 is 10.8 Å². The molecule has 0 N–H and O–H groups in total. The van der Waals surface area contributed by atoms with Crippen LogP contribution in [-0.2, 0) is 21.7 Å². The number of nitrogens with zero attached hydrogens (tertiary/aromatic N) is 4. The molecule has 0 fully saturated rings. The zero-order valence-corrected chi connectivity index (χ0v) is 16.4. The first-order valence-corrected chi connectivity index (χ1v) is 6.87. The maximum absolute atomic E-state index is 3.98. The fourth-order valence-corrected chi connectivity index (χ4v) is 2.18. The molecule has 1 heterocycles. The number of hydrogen-bond acceptors (Lipinski definition) is 3. The van der Waals surface area contributed by atoms with E-state index in [0.717, 1.165) is 12.1 Å². The van der Waals surface area contributed by atoms with Crippen LogP contribution in [0.1, 0.15) is 20.3 Å². The topological polar surface area (TPSA) is 43.6 Å². The van der Waals surface area contributed by atoms with Crippen LogP contribution in [0.4, 0.5) is 0 Å². The average molecular weight is 395 g/mol. The summed E-state index contributed by atoms with van der Waals surface area (Å²) in [6.07, 6.45) is 7.84. The van der Waals surface area contributed by atoms with E-state index < -0.39 is 0 Å². The standard InChI is InChI=1S/C10H7N4.C7H9.2ClH.Ti/c1-2-4-9-6-10(5-8(9)3-1)14-12-7-11-13-14;1-6-4-3-5-7(6)2;;;/h1-7H;4H,3H2,1-2H3;2*1H;/q2*-1;;;+4/p-2. The zero-order chi connectivity index (χ0) is 14.7. The molecule has 24 heavy (non-hydrogen) atoms. The van der Waals surface area contributed by atoms with Crippen molar-refractivity contribution < 1.29 is 46.5 Å². The van der Waals surface area contributed by atoms with Gasteiger partial charge in [0.15, 0.2) is 6.33 Å². The third kappa shape index (κ3) is 5.35. The van der Waals surface area contributed by atoms with Gasteiger partial charge in [0.25, 0.3) is 0 Å². The van der Waals surface area contributed by atoms with Gasteiger partial charge in [-0.25, -0.2) is 11.1 Å². The number of allylic oxidation sites excluding steroid dienone is 4. The molecule has 1 aliphatic rings. The summed E-state index contributed by atoms with van der Waals surface area (Å²) in [5.41, 5.74) is 3.66. The molecule has 4 nitrogen and oxygen atoms in total. The third-order valence-electron chi connectivity index (χ3n) is 3.55. The smallest absolute Gasteiger partial charge is 1.00 e. The van der Waals surface area contributed by atoms with Crippen LogP contribution in [0.2, 0.25) is 0 Å². The summed E-state index contributed by atoms with van der Waals surface area (Å²) in [6.45, 7) is 4.22. The van der Waals surface area contributed by atoms with Crippen molar-refractivity contribution in [3.8, 4) is 5.69 Å². The minimum Gasteiger partial charge on any atom is -1.00 e. The summed E-state index contributed by atoms with van der Waals surface area (Å²) in [5.74, 6) is 0. The van der Waals surface area contributed by atoms with E-state index in [-0.39, 0.29) is 46.5 Å². The molecule has 1 aliphatic carbocycles. The first-order valence-electron chi connectivity index (χ1n) is 6.87. The third-order valence-corrected chi connectivity index (χ3v) is 3.55. The fourth-order valence-electron chi connectivity index (χ4n) is 2.18. The molecule has 0 bridgehead atoms. The predicted octanol–water partition coefficient (Wildman–Crippen LogP) is -2.37. The molecule has 1 aromatic heterocycles. The SMILES string of the molecule is CC1=[C-]CC=C1C.[Cl-].[Cl-].[Ti+4].c1ccc2[cH-]c(-n3ncnn3)cc2c1. The summed E-state index contributed by atoms with van der Waals surface area (Å²) >= 11 is 0. The molecular weight excluding hydrogens is 379 g/mol. The number of aromatic nitrogens is 4. The quantitative estimate of drug-likeness (QED) is 0.342. The maximum atomic E-state index is 3.98. The van der Waals surface area contributed by atoms with Crippen molar-refractivity contribution in [2.75, 3.05) is 0 Å². The van der Waals surface area contributed by atoms with E-state index in [9.17, 15) is 0 Å². The second kappa shape index (κ2) is 10.5. The monoisotopic (exact) mass is 394 g/mol. The van der Waals surface area contributed by atoms with E-state index in [1.54, 1.807) is 0 Å². The van der Waals surface area contributed by atoms with Crippen molar-refractivity contribution in [2.45, 2.75) is 20.3 Å². The van der Waals surface area contributed by atoms with Crippen LogP contribution in [0.5, 0.6) is 0 Å². The Bertz CT molecular complexity index is 758. The van der Waals surface area contributed by atoms with Crippen LogP contribution in [0.3, 0.4) is 0 Å². The van der Waals surface area contributed by atoms with Crippen LogP contribution in [0.25, 0.3) is 16.5 Å². The molecule has 0 atom stereocenters. The van der Waals surface area contributed by atoms with E-state index in [4.69, 9.17) is 0 Å². The summed E-state index contributed by atoms with van der Waals surface area (Å²) in [6, 6.07) is 12.2. The van der Waals surface area contributed by atoms with E-state index in [1.165, 1.54) is 33.0 Å². The molecule has 122 valence electrons. The number of tetrazole rings is 1. The molecule has 0 unspecified atom stereocenters. The zero-order valence-electron chi connectivity index (χ0n) is 13.4. The Balaban J connectivity index is 0.000000463. The van der Waals surface area contributed by atoms with Gasteiger partial charge in [0.2, 0.25) is 0 Å². The largest absolute Gasteiger partial charge is 4.00 e. The summed E-state index contributed by atoms with van der Waals surface area (Å²) in [7, 11) is 0. The van der Waals surface area contributed by atoms with Gasteiger partial charge in [0.05, 0.1) is 0 Å². The van der Waals surface area contributed by atoms with E-state index in [1.807, 2.05) is 24.3 Å². The Kier molecular flexibility index (Phi) is 9.94. The molecule has 4 rings (SSSR count). The summed E-state index contributed by atoms with van der Waals surface area (Å²) in [5, 5.41) is 13.9. The molecule has 0 radical (unpaired) electrons. The van der Waals surface area contributed by atoms with Gasteiger partial charge in [0, 0.05) is 0 Å². The second-order valence-electron chi connectivity index (χ2n) is 4.96. The van der Waals surface area contributed by atoms with Crippen molar-refractivity contribution in [3.05, 3.63) is 66.0 Å². The van der Waals surface area contributed by atoms with Gasteiger partial charge < -0.3 is 24.8 Å². The Labute approximate surface area is 169 Å². The summed E-state index contributed by atoms with van der Waals surface area (Å²) < 4.78 is 0. The van der Waals surface area contributed by atoms with Crippen LogP contribution in [0.15, 0.2) is 59.9 Å². The van der Waals surface area contributed by atoms with Gasteiger partial charge in [0.1, 0.15) is 0 Å². The normalized spacial score (nSPS) is 11.9. The van der Waals surface area contributed by atoms with Gasteiger partial charge in [-0.3, -0.25) is 6.08 Å². The Morgan fingerprint density at radius 3 is 2.42 bits per heavy atom. The average Bonchev–Trinajstić information content (AvgIpc) is 3.21. The Morgan fingerprint density at radius 1 is 1.17 bits per heavy atom. The van der Waals surface area contributed by atoms with Crippen molar-refractivity contribution in [1.82, 2.24) is 20.2 Å². The first kappa shape index (κ1) is 22.7. The number of rotatable bonds is 1. The predicted molar refractivity (Wildman–Crippen MR) is 83.1 cm³/mol. The molecule has 2 aromatic carbocycles. The molecular formula is C17H16Cl2N4Ti. The van der Waals surface area contributed by atoms with Crippen LogP contribution >= 0.6 is 0 Å². The van der Waals surface area contributed by atoms with Gasteiger partial charge >= 0.3 is 21.7 Å². The van der Waals surface area contributed by atoms with Gasteiger partial charge in [-0.1, -0.05) is 13.0 Å². The van der Waals surface area contributed by atoms with E-state index in [0.29, 0.717) is 0 Å². The Hall–Kier alpha value is -1.33. The number of halogens is 2. The maximum Gasteiger partial charge on any atom is 4.00 e. The fraction of sp³-hybridized carbons (Fsp3) is 0.176. The molecule has 0 amide bonds. The summed E-state index contributed by atoms with van der Waals surface area (Å²) in [4.78, 5) is 1.51. The van der Waals surface area contributed by atoms with Gasteiger partial charge in [-0.2, -0.15) is 10.9 Å². The minimum atomic E-state index is 0. The number of fused-ring (bicyclic) bond motifs is 1. The Morgan fingerprint density at radius 2 is 1.92 bits per heavy atom. The van der Waals surface area contributed by atoms with Gasteiger partial charge in [-0.15, -0.1) is 64.6 Å². The minimum absolute atomic E-state index is 0. The second-order valence-corrected chi connectivity index (χ2v) is 4.96. The molecule has 0 saturated heterocycles. The molecule has 3 aromatic rings. The van der Waals surface area contributed by atoms with Crippen molar-refractivity contribution in [1.29, 1.82) is 0 Å². The van der Waals surface area contributed by atoms with E-state index >= 15 is 0 Å².